The maximum atomic E-state index is 5.85. The van der Waals surface area contributed by atoms with E-state index in [-0.39, 0.29) is 11.0 Å². The van der Waals surface area contributed by atoms with Crippen LogP contribution in [0.2, 0.25) is 5.15 Å². The van der Waals surface area contributed by atoms with Gasteiger partial charge in [-0.05, 0) is 0 Å². The predicted octanol–water partition coefficient (Wildman–Crippen LogP) is 0.623. The van der Waals surface area contributed by atoms with Gasteiger partial charge in [-0.25, -0.2) is 9.97 Å². The summed E-state index contributed by atoms with van der Waals surface area (Å²) in [5, 5.41) is 3.60. The van der Waals surface area contributed by atoms with Crippen molar-refractivity contribution >= 4 is 23.2 Å². The number of hydrogen-bond donors (Lipinski definition) is 3. The predicted molar refractivity (Wildman–Crippen MR) is 77.6 cm³/mol. The molecule has 0 bridgehead atoms. The Balaban J connectivity index is 1.91. The highest BCUT2D eigenvalue weighted by molar-refractivity contribution is 6.31. The average molecular weight is 286 g/mol. The van der Waals surface area contributed by atoms with Gasteiger partial charge in [0.15, 0.2) is 11.0 Å². The largest absolute Gasteiger partial charge is 0.382 e. The summed E-state index contributed by atoms with van der Waals surface area (Å²) in [4.78, 5) is 8.13. The van der Waals surface area contributed by atoms with Crippen LogP contribution in [0.4, 0.5) is 11.6 Å². The van der Waals surface area contributed by atoms with E-state index in [9.17, 15) is 0 Å². The molecule has 5 N–H and O–H groups in total. The summed E-state index contributed by atoms with van der Waals surface area (Å²) < 4.78 is 1.07. The molecule has 1 aromatic rings. The highest BCUT2D eigenvalue weighted by Crippen LogP contribution is 2.22. The van der Waals surface area contributed by atoms with Crippen LogP contribution in [-0.2, 0) is 6.54 Å². The zero-order valence-electron chi connectivity index (χ0n) is 11.5. The zero-order valence-corrected chi connectivity index (χ0v) is 12.2. The number of nitrogens with two attached hydrogens (primary N) is 2. The summed E-state index contributed by atoms with van der Waals surface area (Å²) in [6.45, 7) is 2.74. The van der Waals surface area contributed by atoms with E-state index < -0.39 is 0 Å². The lowest BCUT2D eigenvalue weighted by Gasteiger charge is -2.31. The first-order chi connectivity index (χ1) is 8.90. The second kappa shape index (κ2) is 5.48. The summed E-state index contributed by atoms with van der Waals surface area (Å²) >= 11 is 5.85. The van der Waals surface area contributed by atoms with Gasteiger partial charge < -0.3 is 21.3 Å². The molecule has 2 heterocycles. The van der Waals surface area contributed by atoms with Crippen LogP contribution in [0.3, 0.4) is 0 Å². The Morgan fingerprint density at radius 1 is 1.32 bits per heavy atom. The van der Waals surface area contributed by atoms with E-state index in [0.717, 1.165) is 11.0 Å². The molecule has 0 unspecified atom stereocenters. The minimum atomic E-state index is 0.177. The van der Waals surface area contributed by atoms with Gasteiger partial charge >= 0.3 is 0 Å². The highest BCUT2D eigenvalue weighted by atomic mass is 35.5. The molecular weight excluding hydrogens is 264 g/mol. The maximum Gasteiger partial charge on any atom is 0.171 e. The van der Waals surface area contributed by atoms with Crippen LogP contribution in [0.1, 0.15) is 18.5 Å². The van der Waals surface area contributed by atoms with Crippen molar-refractivity contribution in [2.75, 3.05) is 38.7 Å². The highest BCUT2D eigenvalue weighted by Gasteiger charge is 2.33. The third-order valence-electron chi connectivity index (χ3n) is 3.91. The summed E-state index contributed by atoms with van der Waals surface area (Å²) in [6, 6.07) is 0.637. The molecule has 7 heteroatoms. The molecule has 19 heavy (non-hydrogen) atoms. The minimum Gasteiger partial charge on any atom is -0.382 e. The van der Waals surface area contributed by atoms with Gasteiger partial charge in [-0.2, -0.15) is 0 Å². The van der Waals surface area contributed by atoms with E-state index in [2.05, 4.69) is 29.4 Å². The van der Waals surface area contributed by atoms with Gasteiger partial charge in [-0.1, -0.05) is 11.6 Å². The Hall–Kier alpha value is -1.11. The molecule has 0 amide bonds. The molecule has 0 saturated carbocycles. The second-order valence-corrected chi connectivity index (χ2v) is 6.02. The van der Waals surface area contributed by atoms with Crippen molar-refractivity contribution in [3.63, 3.8) is 0 Å². The average Bonchev–Trinajstić information content (AvgIpc) is 2.65. The van der Waals surface area contributed by atoms with E-state index in [1.54, 1.807) is 0 Å². The standard InChI is InChI=1S/C12H22ClN6/c1-19(2)5-3-4-8(19)6-16-7-9-11(14)18-12(15)10(13)17-9/h8,16H,3-7H2,1-2H3,(H4,14,15,18)/q+1/t8-/m1/s1. The van der Waals surface area contributed by atoms with Crippen molar-refractivity contribution < 1.29 is 4.48 Å². The molecular formula is C12H22ClN6+. The second-order valence-electron chi connectivity index (χ2n) is 5.66. The number of rotatable bonds is 4. The van der Waals surface area contributed by atoms with E-state index in [0.29, 0.717) is 24.1 Å². The van der Waals surface area contributed by atoms with Gasteiger partial charge in [0.25, 0.3) is 0 Å². The molecule has 1 aliphatic heterocycles. The molecule has 1 atom stereocenters. The van der Waals surface area contributed by atoms with Crippen LogP contribution in [0.15, 0.2) is 0 Å². The molecule has 1 aliphatic rings. The van der Waals surface area contributed by atoms with Crippen LogP contribution < -0.4 is 16.8 Å². The number of anilines is 2. The molecule has 0 aromatic carbocycles. The zero-order chi connectivity index (χ0) is 14.0. The minimum absolute atomic E-state index is 0.177. The Labute approximate surface area is 118 Å². The third-order valence-corrected chi connectivity index (χ3v) is 4.19. The van der Waals surface area contributed by atoms with Crippen molar-refractivity contribution in [1.29, 1.82) is 0 Å². The number of aromatic nitrogens is 2. The number of nitrogen functional groups attached to an aromatic ring is 2. The normalized spacial score (nSPS) is 21.7. The van der Waals surface area contributed by atoms with Crippen molar-refractivity contribution in [3.8, 4) is 0 Å². The van der Waals surface area contributed by atoms with Crippen LogP contribution in [-0.4, -0.2) is 47.7 Å². The number of nitrogens with zero attached hydrogens (tertiary/aromatic N) is 3. The van der Waals surface area contributed by atoms with Gasteiger partial charge in [0.05, 0.1) is 26.3 Å². The van der Waals surface area contributed by atoms with E-state index >= 15 is 0 Å². The third kappa shape index (κ3) is 3.26. The summed E-state index contributed by atoms with van der Waals surface area (Å²) in [6.07, 6.45) is 2.54. The first-order valence-electron chi connectivity index (χ1n) is 6.51. The lowest BCUT2D eigenvalue weighted by molar-refractivity contribution is -0.900. The Kier molecular flexibility index (Phi) is 4.13. The molecule has 0 aliphatic carbocycles. The van der Waals surface area contributed by atoms with E-state index in [1.807, 2.05) is 0 Å². The fraction of sp³-hybridized carbons (Fsp3) is 0.667. The van der Waals surface area contributed by atoms with Gasteiger partial charge in [0.2, 0.25) is 0 Å². The number of halogens is 1. The summed E-state index contributed by atoms with van der Waals surface area (Å²) in [5.74, 6) is 0.520. The number of nitrogens with one attached hydrogen (secondary N) is 1. The SMILES string of the molecule is C[N+]1(C)CCC[C@@H]1CNCc1nc(Cl)c(N)nc1N. The van der Waals surface area contributed by atoms with Crippen molar-refractivity contribution in [2.45, 2.75) is 25.4 Å². The molecule has 2 rings (SSSR count). The van der Waals surface area contributed by atoms with Crippen molar-refractivity contribution in [3.05, 3.63) is 10.8 Å². The molecule has 6 nitrogen and oxygen atoms in total. The van der Waals surface area contributed by atoms with Crippen molar-refractivity contribution in [2.24, 2.45) is 0 Å². The van der Waals surface area contributed by atoms with Crippen LogP contribution in [0.5, 0.6) is 0 Å². The lowest BCUT2D eigenvalue weighted by Crippen LogP contribution is -2.48. The van der Waals surface area contributed by atoms with Gasteiger partial charge in [0, 0.05) is 25.9 Å². The van der Waals surface area contributed by atoms with Crippen molar-refractivity contribution in [1.82, 2.24) is 15.3 Å². The van der Waals surface area contributed by atoms with Gasteiger partial charge in [0.1, 0.15) is 11.9 Å². The number of hydrogen-bond acceptors (Lipinski definition) is 5. The van der Waals surface area contributed by atoms with E-state index in [4.69, 9.17) is 23.1 Å². The Morgan fingerprint density at radius 3 is 2.68 bits per heavy atom. The molecule has 0 radical (unpaired) electrons. The lowest BCUT2D eigenvalue weighted by atomic mass is 10.2. The Bertz CT molecular complexity index is 462. The fourth-order valence-electron chi connectivity index (χ4n) is 2.58. The number of quaternary nitrogens is 1. The number of likely N-dealkylation sites (tertiary alicyclic amines) is 1. The smallest absolute Gasteiger partial charge is 0.171 e. The number of likely N-dealkylation sites (N-methyl/N-ethyl adjacent to an activating group) is 1. The monoisotopic (exact) mass is 285 g/mol. The summed E-state index contributed by atoms with van der Waals surface area (Å²) in [5.41, 5.74) is 12.0. The quantitative estimate of drug-likeness (QED) is 0.706. The van der Waals surface area contributed by atoms with Crippen LogP contribution in [0.25, 0.3) is 0 Å². The molecule has 106 valence electrons. The topological polar surface area (TPSA) is 89.8 Å². The van der Waals surface area contributed by atoms with Crippen LogP contribution >= 0.6 is 11.6 Å². The maximum absolute atomic E-state index is 5.85. The summed E-state index contributed by atoms with van der Waals surface area (Å²) in [7, 11) is 4.54. The van der Waals surface area contributed by atoms with Gasteiger partial charge in [-0.3, -0.25) is 0 Å². The molecule has 0 spiro atoms. The van der Waals surface area contributed by atoms with Gasteiger partial charge in [-0.15, -0.1) is 0 Å². The first-order valence-corrected chi connectivity index (χ1v) is 6.88. The Morgan fingerprint density at radius 2 is 2.05 bits per heavy atom. The first kappa shape index (κ1) is 14.3. The van der Waals surface area contributed by atoms with Crippen LogP contribution in [0, 0.1) is 0 Å². The molecule has 1 saturated heterocycles. The molecule has 1 aromatic heterocycles. The fourth-order valence-corrected chi connectivity index (χ4v) is 2.72. The van der Waals surface area contributed by atoms with E-state index in [1.165, 1.54) is 19.4 Å². The molecule has 1 fully saturated rings.